The summed E-state index contributed by atoms with van der Waals surface area (Å²) in [5.41, 5.74) is 6.06. The topological polar surface area (TPSA) is 127 Å². The number of aromatic nitrogens is 4. The van der Waals surface area contributed by atoms with Gasteiger partial charge in [-0.25, -0.2) is 22.9 Å². The summed E-state index contributed by atoms with van der Waals surface area (Å²) in [6.45, 7) is 4.15. The highest BCUT2D eigenvalue weighted by Gasteiger charge is 2.24. The van der Waals surface area contributed by atoms with Crippen molar-refractivity contribution in [2.45, 2.75) is 31.6 Å². The molecule has 0 amide bonds. The lowest BCUT2D eigenvalue weighted by Gasteiger charge is -2.10. The van der Waals surface area contributed by atoms with Crippen molar-refractivity contribution in [3.8, 4) is 28.2 Å². The van der Waals surface area contributed by atoms with Gasteiger partial charge < -0.3 is 5.11 Å². The molecule has 3 heterocycles. The van der Waals surface area contributed by atoms with Crippen LogP contribution in [0.3, 0.4) is 0 Å². The van der Waals surface area contributed by atoms with Gasteiger partial charge >= 0.3 is 5.97 Å². The minimum Gasteiger partial charge on any atom is -0.478 e. The van der Waals surface area contributed by atoms with Crippen LogP contribution in [0, 0.1) is 0 Å². The number of sulfonamides is 1. The molecular weight excluding hydrogens is 574 g/mol. The molecule has 6 aromatic rings. The number of aryl methyl sites for hydroxylation is 2. The summed E-state index contributed by atoms with van der Waals surface area (Å²) >= 11 is 0. The molecule has 0 radical (unpaired) electrons. The van der Waals surface area contributed by atoms with Gasteiger partial charge in [-0.2, -0.15) is 5.10 Å². The van der Waals surface area contributed by atoms with Crippen molar-refractivity contribution >= 4 is 32.7 Å². The molecule has 0 unspecified atom stereocenters. The van der Waals surface area contributed by atoms with E-state index in [0.29, 0.717) is 33.7 Å². The monoisotopic (exact) mass is 603 g/mol. The fourth-order valence-corrected chi connectivity index (χ4v) is 6.07. The van der Waals surface area contributed by atoms with E-state index in [0.717, 1.165) is 35.2 Å². The second kappa shape index (κ2) is 11.7. The Kier molecular flexibility index (Phi) is 7.67. The van der Waals surface area contributed by atoms with Gasteiger partial charge in [-0.3, -0.25) is 9.71 Å². The Morgan fingerprint density at radius 1 is 0.864 bits per heavy atom. The van der Waals surface area contributed by atoms with Gasteiger partial charge in [-0.15, -0.1) is 0 Å². The van der Waals surface area contributed by atoms with Gasteiger partial charge in [0.05, 0.1) is 39.1 Å². The number of benzene rings is 3. The molecule has 9 nitrogen and oxygen atoms in total. The molecule has 0 atom stereocenters. The second-order valence-electron chi connectivity index (χ2n) is 10.3. The van der Waals surface area contributed by atoms with E-state index in [9.17, 15) is 18.3 Å². The molecule has 2 N–H and O–H groups in total. The lowest BCUT2D eigenvalue weighted by Crippen LogP contribution is -2.12. The molecule has 0 aliphatic rings. The first-order chi connectivity index (χ1) is 21.3. The molecule has 44 heavy (non-hydrogen) atoms. The first-order valence-corrected chi connectivity index (χ1v) is 15.6. The fourth-order valence-electron chi connectivity index (χ4n) is 5.03. The number of aromatic carboxylic acids is 1. The first kappa shape index (κ1) is 28.8. The zero-order chi connectivity index (χ0) is 30.8. The highest BCUT2D eigenvalue weighted by molar-refractivity contribution is 7.92. The number of hydrogen-bond acceptors (Lipinski definition) is 6. The van der Waals surface area contributed by atoms with Gasteiger partial charge in [0.25, 0.3) is 10.0 Å². The molecule has 0 fully saturated rings. The minimum absolute atomic E-state index is 0.0449. The van der Waals surface area contributed by atoms with E-state index in [1.54, 1.807) is 35.1 Å². The zero-order valence-electron chi connectivity index (χ0n) is 24.1. The molecule has 220 valence electrons. The Morgan fingerprint density at radius 2 is 1.50 bits per heavy atom. The maximum absolute atomic E-state index is 12.9. The summed E-state index contributed by atoms with van der Waals surface area (Å²) in [7, 11) is -3.87. The van der Waals surface area contributed by atoms with Crippen LogP contribution >= 0.6 is 0 Å². The number of anilines is 1. The average molecular weight is 604 g/mol. The van der Waals surface area contributed by atoms with E-state index in [2.05, 4.69) is 23.6 Å². The van der Waals surface area contributed by atoms with Crippen LogP contribution in [-0.2, 0) is 22.9 Å². The number of carboxylic acid groups (broad SMARTS) is 1. The highest BCUT2D eigenvalue weighted by atomic mass is 32.2. The third-order valence-electron chi connectivity index (χ3n) is 7.47. The van der Waals surface area contributed by atoms with Crippen LogP contribution in [-0.4, -0.2) is 39.2 Å². The van der Waals surface area contributed by atoms with Gasteiger partial charge in [-0.05, 0) is 66.4 Å². The molecule has 0 saturated heterocycles. The van der Waals surface area contributed by atoms with E-state index in [4.69, 9.17) is 10.1 Å². The molecule has 10 heteroatoms. The van der Waals surface area contributed by atoms with Crippen LogP contribution in [0.4, 0.5) is 5.69 Å². The SMILES string of the molecule is CCc1ccc(-c2nn(-c3ccc(CC)cc3)c3nc(-c4ccc(S(=O)(=O)Nc5cccnc5)cc4)cc(C(=O)O)c23)cc1. The summed E-state index contributed by atoms with van der Waals surface area (Å²) in [5.74, 6) is -1.12. The molecule has 0 aliphatic heterocycles. The molecule has 0 aliphatic carbocycles. The Morgan fingerprint density at radius 3 is 2.09 bits per heavy atom. The van der Waals surface area contributed by atoms with Crippen LogP contribution in [0.15, 0.2) is 108 Å². The third kappa shape index (κ3) is 5.55. The Hall–Kier alpha value is -5.35. The van der Waals surface area contributed by atoms with Crippen LogP contribution in [0.2, 0.25) is 0 Å². The Bertz CT molecular complexity index is 2070. The number of nitrogens with zero attached hydrogens (tertiary/aromatic N) is 4. The molecular formula is C34H29N5O4S. The zero-order valence-corrected chi connectivity index (χ0v) is 24.9. The van der Waals surface area contributed by atoms with Gasteiger partial charge in [-0.1, -0.05) is 62.4 Å². The van der Waals surface area contributed by atoms with E-state index in [1.165, 1.54) is 24.4 Å². The van der Waals surface area contributed by atoms with E-state index >= 15 is 0 Å². The third-order valence-corrected chi connectivity index (χ3v) is 8.86. The average Bonchev–Trinajstić information content (AvgIpc) is 3.44. The summed E-state index contributed by atoms with van der Waals surface area (Å²) in [5, 5.41) is 15.7. The lowest BCUT2D eigenvalue weighted by atomic mass is 10.0. The second-order valence-corrected chi connectivity index (χ2v) is 11.9. The molecule has 0 saturated carbocycles. The van der Waals surface area contributed by atoms with E-state index < -0.39 is 16.0 Å². The predicted molar refractivity (Wildman–Crippen MR) is 170 cm³/mol. The highest BCUT2D eigenvalue weighted by Crippen LogP contribution is 2.35. The van der Waals surface area contributed by atoms with Crippen molar-refractivity contribution in [3.05, 3.63) is 120 Å². The first-order valence-electron chi connectivity index (χ1n) is 14.2. The van der Waals surface area contributed by atoms with Crippen LogP contribution in [0.25, 0.3) is 39.2 Å². The van der Waals surface area contributed by atoms with Crippen LogP contribution in [0.1, 0.15) is 35.3 Å². The van der Waals surface area contributed by atoms with Gasteiger partial charge in [0.15, 0.2) is 5.65 Å². The molecule has 3 aromatic carbocycles. The lowest BCUT2D eigenvalue weighted by molar-refractivity contribution is 0.0699. The van der Waals surface area contributed by atoms with Crippen molar-refractivity contribution in [2.75, 3.05) is 4.72 Å². The normalized spacial score (nSPS) is 11.5. The van der Waals surface area contributed by atoms with Crippen molar-refractivity contribution in [1.82, 2.24) is 19.7 Å². The predicted octanol–water partition coefficient (Wildman–Crippen LogP) is 6.77. The number of pyridine rings is 2. The van der Waals surface area contributed by atoms with Crippen molar-refractivity contribution in [3.63, 3.8) is 0 Å². The van der Waals surface area contributed by atoms with Crippen LogP contribution in [0.5, 0.6) is 0 Å². The summed E-state index contributed by atoms with van der Waals surface area (Å²) in [6, 6.07) is 26.7. The van der Waals surface area contributed by atoms with Crippen molar-refractivity contribution < 1.29 is 18.3 Å². The number of carbonyl (C=O) groups is 1. The van der Waals surface area contributed by atoms with Gasteiger partial charge in [0.1, 0.15) is 5.69 Å². The maximum Gasteiger partial charge on any atom is 0.336 e. The Labute approximate surface area is 254 Å². The number of rotatable bonds is 9. The molecule has 0 spiro atoms. The fraction of sp³-hybridized carbons (Fsp3) is 0.118. The molecule has 3 aromatic heterocycles. The van der Waals surface area contributed by atoms with Crippen LogP contribution < -0.4 is 4.72 Å². The standard InChI is InChI=1S/C34H29N5O4S/c1-3-22-7-11-25(12-8-22)32-31-29(34(40)41)20-30(36-33(31)39(37-32)27-15-9-23(4-2)10-16-27)24-13-17-28(18-14-24)44(42,43)38-26-6-5-19-35-21-26/h5-21,38H,3-4H2,1-2H3,(H,40,41). The van der Waals surface area contributed by atoms with Gasteiger partial charge in [0, 0.05) is 17.3 Å². The van der Waals surface area contributed by atoms with Crippen molar-refractivity contribution in [1.29, 1.82) is 0 Å². The summed E-state index contributed by atoms with van der Waals surface area (Å²) in [6.07, 6.45) is 4.73. The Balaban J connectivity index is 1.50. The number of fused-ring (bicyclic) bond motifs is 1. The largest absolute Gasteiger partial charge is 0.478 e. The van der Waals surface area contributed by atoms with Crippen molar-refractivity contribution in [2.24, 2.45) is 0 Å². The van der Waals surface area contributed by atoms with E-state index in [1.807, 2.05) is 48.5 Å². The maximum atomic E-state index is 12.9. The smallest absolute Gasteiger partial charge is 0.336 e. The number of carboxylic acids is 1. The quantitative estimate of drug-likeness (QED) is 0.187. The molecule has 0 bridgehead atoms. The number of nitrogens with one attached hydrogen (secondary N) is 1. The van der Waals surface area contributed by atoms with E-state index in [-0.39, 0.29) is 10.5 Å². The summed E-state index contributed by atoms with van der Waals surface area (Å²) < 4.78 is 30.1. The minimum atomic E-state index is -3.87. The molecule has 6 rings (SSSR count). The summed E-state index contributed by atoms with van der Waals surface area (Å²) in [4.78, 5) is 21.6. The van der Waals surface area contributed by atoms with Gasteiger partial charge in [0.2, 0.25) is 0 Å². The number of hydrogen-bond donors (Lipinski definition) is 2.